The van der Waals surface area contributed by atoms with E-state index in [1.165, 1.54) is 55.5 Å². The van der Waals surface area contributed by atoms with Crippen LogP contribution in [0.3, 0.4) is 0 Å². The molecule has 0 radical (unpaired) electrons. The summed E-state index contributed by atoms with van der Waals surface area (Å²) in [6.07, 6.45) is 7.06. The van der Waals surface area contributed by atoms with Crippen molar-refractivity contribution in [3.8, 4) is 5.75 Å². The van der Waals surface area contributed by atoms with Gasteiger partial charge >= 0.3 is 0 Å². The van der Waals surface area contributed by atoms with Crippen LogP contribution in [0.4, 0.5) is 0 Å². The zero-order chi connectivity index (χ0) is 21.5. The Hall–Kier alpha value is -1.49. The lowest BCUT2D eigenvalue weighted by Crippen LogP contribution is -2.44. The molecule has 30 heavy (non-hydrogen) atoms. The zero-order valence-corrected chi connectivity index (χ0v) is 19.3. The fourth-order valence-electron chi connectivity index (χ4n) is 7.11. The van der Waals surface area contributed by atoms with Crippen LogP contribution in [0.2, 0.25) is 0 Å². The SMILES string of the molecule is CC(=O)NCCSC(=O)C(C)C1CCC2C3CCc4cc(O)ccc4C3CCC12C. The average Bonchev–Trinajstić information content (AvgIpc) is 3.07. The average molecular weight is 430 g/mol. The molecule has 2 N–H and O–H groups in total. The van der Waals surface area contributed by atoms with Crippen LogP contribution in [0, 0.1) is 29.1 Å². The first-order valence-corrected chi connectivity index (χ1v) is 12.5. The van der Waals surface area contributed by atoms with Gasteiger partial charge in [0.05, 0.1) is 0 Å². The number of fused-ring (bicyclic) bond motifs is 5. The Bertz CT molecular complexity index is 825. The molecule has 2 saturated carbocycles. The molecular weight excluding hydrogens is 394 g/mol. The smallest absolute Gasteiger partial charge is 0.216 e. The van der Waals surface area contributed by atoms with Gasteiger partial charge in [-0.2, -0.15) is 0 Å². The minimum atomic E-state index is -0.0386. The number of phenolic OH excluding ortho intramolecular Hbond substituents is 1. The molecule has 0 saturated heterocycles. The lowest BCUT2D eigenvalue weighted by Gasteiger charge is -2.51. The summed E-state index contributed by atoms with van der Waals surface area (Å²) in [5.41, 5.74) is 3.06. The molecule has 1 aromatic rings. The van der Waals surface area contributed by atoms with Gasteiger partial charge in [0, 0.05) is 25.1 Å². The summed E-state index contributed by atoms with van der Waals surface area (Å²) in [7, 11) is 0. The molecule has 0 aliphatic heterocycles. The minimum Gasteiger partial charge on any atom is -0.508 e. The number of hydrogen-bond acceptors (Lipinski definition) is 4. The number of amides is 1. The Morgan fingerprint density at radius 1 is 1.27 bits per heavy atom. The standard InChI is InChI=1S/C25H35NO3S/c1-15(24(29)30-13-12-26-16(2)27)22-8-9-23-21-6-4-17-14-18(28)5-7-19(17)20(21)10-11-25(22,23)3/h5,7,14-15,20-23,28H,4,6,8-13H2,1-3H3,(H,26,27). The number of aryl methyl sites for hydroxylation is 1. The number of benzene rings is 1. The predicted molar refractivity (Wildman–Crippen MR) is 122 cm³/mol. The van der Waals surface area contributed by atoms with E-state index in [9.17, 15) is 14.7 Å². The molecule has 4 rings (SSSR count). The lowest BCUT2D eigenvalue weighted by molar-refractivity contribution is -0.119. The van der Waals surface area contributed by atoms with Gasteiger partial charge in [-0.1, -0.05) is 31.7 Å². The maximum atomic E-state index is 12.9. The number of carbonyl (C=O) groups excluding carboxylic acids is 2. The van der Waals surface area contributed by atoms with Crippen molar-refractivity contribution in [3.63, 3.8) is 0 Å². The van der Waals surface area contributed by atoms with Gasteiger partial charge in [-0.3, -0.25) is 9.59 Å². The third-order valence-electron chi connectivity index (χ3n) is 8.48. The Balaban J connectivity index is 1.44. The predicted octanol–water partition coefficient (Wildman–Crippen LogP) is 4.90. The van der Waals surface area contributed by atoms with E-state index in [1.54, 1.807) is 0 Å². The first-order chi connectivity index (χ1) is 14.3. The van der Waals surface area contributed by atoms with Crippen LogP contribution in [0.15, 0.2) is 18.2 Å². The summed E-state index contributed by atoms with van der Waals surface area (Å²) in [5, 5.41) is 12.9. The van der Waals surface area contributed by atoms with Gasteiger partial charge < -0.3 is 10.4 Å². The molecule has 1 aromatic carbocycles. The van der Waals surface area contributed by atoms with Crippen molar-refractivity contribution >= 4 is 22.8 Å². The van der Waals surface area contributed by atoms with Gasteiger partial charge in [0.1, 0.15) is 5.75 Å². The molecule has 5 heteroatoms. The van der Waals surface area contributed by atoms with E-state index in [2.05, 4.69) is 25.2 Å². The van der Waals surface area contributed by atoms with E-state index < -0.39 is 0 Å². The molecule has 1 amide bonds. The van der Waals surface area contributed by atoms with Crippen molar-refractivity contribution in [2.75, 3.05) is 12.3 Å². The van der Waals surface area contributed by atoms with Crippen LogP contribution < -0.4 is 5.32 Å². The van der Waals surface area contributed by atoms with Gasteiger partial charge in [-0.05, 0) is 90.9 Å². The number of rotatable bonds is 5. The number of thioether (sulfide) groups is 1. The van der Waals surface area contributed by atoms with E-state index in [4.69, 9.17) is 0 Å². The van der Waals surface area contributed by atoms with Crippen molar-refractivity contribution in [1.29, 1.82) is 0 Å². The van der Waals surface area contributed by atoms with Crippen LogP contribution in [-0.4, -0.2) is 28.4 Å². The van der Waals surface area contributed by atoms with Crippen molar-refractivity contribution in [3.05, 3.63) is 29.3 Å². The van der Waals surface area contributed by atoms with Crippen LogP contribution in [0.25, 0.3) is 0 Å². The van der Waals surface area contributed by atoms with E-state index in [-0.39, 0.29) is 17.2 Å². The van der Waals surface area contributed by atoms with Crippen LogP contribution >= 0.6 is 11.8 Å². The molecule has 6 atom stereocenters. The molecule has 4 nitrogen and oxygen atoms in total. The molecular formula is C25H35NO3S. The Morgan fingerprint density at radius 3 is 2.83 bits per heavy atom. The Labute approximate surface area is 184 Å². The molecule has 0 aromatic heterocycles. The van der Waals surface area contributed by atoms with Gasteiger partial charge in [0.2, 0.25) is 5.91 Å². The number of nitrogens with one attached hydrogen (secondary N) is 1. The van der Waals surface area contributed by atoms with Gasteiger partial charge in [-0.15, -0.1) is 0 Å². The zero-order valence-electron chi connectivity index (χ0n) is 18.4. The van der Waals surface area contributed by atoms with E-state index in [1.807, 2.05) is 12.1 Å². The second kappa shape index (κ2) is 8.57. The highest BCUT2D eigenvalue weighted by molar-refractivity contribution is 8.13. The first-order valence-electron chi connectivity index (χ1n) is 11.5. The van der Waals surface area contributed by atoms with Crippen LogP contribution in [0.1, 0.15) is 69.9 Å². The summed E-state index contributed by atoms with van der Waals surface area (Å²) in [6, 6.07) is 5.98. The van der Waals surface area contributed by atoms with Gasteiger partial charge in [0.15, 0.2) is 5.12 Å². The van der Waals surface area contributed by atoms with Crippen molar-refractivity contribution in [2.24, 2.45) is 29.1 Å². The highest BCUT2D eigenvalue weighted by Gasteiger charge is 2.56. The van der Waals surface area contributed by atoms with Crippen LogP contribution in [-0.2, 0) is 16.0 Å². The lowest BCUT2D eigenvalue weighted by atomic mass is 9.53. The van der Waals surface area contributed by atoms with Crippen molar-refractivity contribution in [2.45, 2.75) is 65.2 Å². The molecule has 0 spiro atoms. The van der Waals surface area contributed by atoms with E-state index in [0.29, 0.717) is 46.8 Å². The molecule has 3 aliphatic rings. The number of carbonyl (C=O) groups is 2. The monoisotopic (exact) mass is 429 g/mol. The summed E-state index contributed by atoms with van der Waals surface area (Å²) in [6.45, 7) is 6.67. The summed E-state index contributed by atoms with van der Waals surface area (Å²) in [4.78, 5) is 23.9. The molecule has 2 fully saturated rings. The van der Waals surface area contributed by atoms with E-state index in [0.717, 1.165) is 12.8 Å². The maximum absolute atomic E-state index is 12.9. The van der Waals surface area contributed by atoms with Gasteiger partial charge in [0.25, 0.3) is 0 Å². The Kier molecular flexibility index (Phi) is 6.20. The quantitative estimate of drug-likeness (QED) is 0.654. The molecule has 0 heterocycles. The number of hydrogen-bond donors (Lipinski definition) is 2. The molecule has 6 unspecified atom stereocenters. The number of phenols is 1. The normalized spacial score (nSPS) is 33.2. The first kappa shape index (κ1) is 21.7. The minimum absolute atomic E-state index is 0.0386. The largest absolute Gasteiger partial charge is 0.508 e. The topological polar surface area (TPSA) is 66.4 Å². The van der Waals surface area contributed by atoms with Crippen molar-refractivity contribution < 1.29 is 14.7 Å². The molecule has 164 valence electrons. The van der Waals surface area contributed by atoms with Crippen molar-refractivity contribution in [1.82, 2.24) is 5.32 Å². The van der Waals surface area contributed by atoms with Gasteiger partial charge in [-0.25, -0.2) is 0 Å². The fourth-order valence-corrected chi connectivity index (χ4v) is 7.94. The second-order valence-corrected chi connectivity index (χ2v) is 11.1. The third-order valence-corrected chi connectivity index (χ3v) is 9.54. The molecule has 3 aliphatic carbocycles. The number of aromatic hydroxyl groups is 1. The second-order valence-electron chi connectivity index (χ2n) is 9.97. The third kappa shape index (κ3) is 3.90. The summed E-state index contributed by atoms with van der Waals surface area (Å²) >= 11 is 1.39. The highest BCUT2D eigenvalue weighted by Crippen LogP contribution is 2.64. The Morgan fingerprint density at radius 2 is 2.07 bits per heavy atom. The molecule has 0 bridgehead atoms. The van der Waals surface area contributed by atoms with Crippen LogP contribution in [0.5, 0.6) is 5.75 Å². The summed E-state index contributed by atoms with van der Waals surface area (Å²) < 4.78 is 0. The summed E-state index contributed by atoms with van der Waals surface area (Å²) in [5.74, 6) is 3.56. The maximum Gasteiger partial charge on any atom is 0.216 e. The van der Waals surface area contributed by atoms with E-state index >= 15 is 0 Å². The highest BCUT2D eigenvalue weighted by atomic mass is 32.2. The fraction of sp³-hybridized carbons (Fsp3) is 0.680.